The number of pyridine rings is 1. The highest BCUT2D eigenvalue weighted by Gasteiger charge is 2.23. The molecule has 1 aliphatic rings. The summed E-state index contributed by atoms with van der Waals surface area (Å²) in [4.78, 5) is 8.63. The molecule has 1 atom stereocenters. The minimum absolute atomic E-state index is 0.221. The summed E-state index contributed by atoms with van der Waals surface area (Å²) in [5.41, 5.74) is 2.16. The second-order valence-corrected chi connectivity index (χ2v) is 4.49. The van der Waals surface area contributed by atoms with Gasteiger partial charge in [-0.3, -0.25) is 4.98 Å². The van der Waals surface area contributed by atoms with Crippen molar-refractivity contribution < 1.29 is 4.52 Å². The quantitative estimate of drug-likeness (QED) is 0.896. The fraction of sp³-hybridized carbons (Fsp3) is 0.462. The van der Waals surface area contributed by atoms with E-state index >= 15 is 0 Å². The van der Waals surface area contributed by atoms with Crippen molar-refractivity contribution in [3.63, 3.8) is 0 Å². The standard InChI is InChI=1S/C13H16N4O/c1-2-9-8-14-7-5-10(9)12-16-13(18-17-12)11-4-3-6-15-11/h5,7-8,11,15H,2-4,6H2,1H3. The molecule has 5 nitrogen and oxygen atoms in total. The zero-order chi connectivity index (χ0) is 12.4. The molecular formula is C13H16N4O. The molecule has 18 heavy (non-hydrogen) atoms. The van der Waals surface area contributed by atoms with Crippen LogP contribution in [0, 0.1) is 0 Å². The Labute approximate surface area is 106 Å². The van der Waals surface area contributed by atoms with Crippen molar-refractivity contribution in [2.45, 2.75) is 32.2 Å². The Kier molecular flexibility index (Phi) is 3.06. The summed E-state index contributed by atoms with van der Waals surface area (Å²) < 4.78 is 5.36. The van der Waals surface area contributed by atoms with Crippen molar-refractivity contribution in [3.8, 4) is 11.4 Å². The lowest BCUT2D eigenvalue weighted by molar-refractivity contribution is 0.345. The topological polar surface area (TPSA) is 63.8 Å². The lowest BCUT2D eigenvalue weighted by atomic mass is 10.1. The summed E-state index contributed by atoms with van der Waals surface area (Å²) in [5.74, 6) is 1.36. The van der Waals surface area contributed by atoms with Crippen LogP contribution in [0.15, 0.2) is 23.0 Å². The largest absolute Gasteiger partial charge is 0.337 e. The Morgan fingerprint density at radius 3 is 3.22 bits per heavy atom. The molecule has 0 radical (unpaired) electrons. The van der Waals surface area contributed by atoms with Crippen molar-refractivity contribution >= 4 is 0 Å². The van der Waals surface area contributed by atoms with Crippen molar-refractivity contribution in [1.29, 1.82) is 0 Å². The summed E-state index contributed by atoms with van der Waals surface area (Å²) in [5, 5.41) is 7.44. The summed E-state index contributed by atoms with van der Waals surface area (Å²) in [6, 6.07) is 2.16. The first kappa shape index (κ1) is 11.3. The average Bonchev–Trinajstić information content (AvgIpc) is 3.09. The van der Waals surface area contributed by atoms with Crippen molar-refractivity contribution in [3.05, 3.63) is 29.9 Å². The monoisotopic (exact) mass is 244 g/mol. The molecular weight excluding hydrogens is 228 g/mol. The average molecular weight is 244 g/mol. The van der Waals surface area contributed by atoms with E-state index in [1.807, 2.05) is 12.3 Å². The highest BCUT2D eigenvalue weighted by atomic mass is 16.5. The lowest BCUT2D eigenvalue weighted by Crippen LogP contribution is -2.12. The Balaban J connectivity index is 1.92. The first-order valence-corrected chi connectivity index (χ1v) is 6.38. The molecule has 1 aliphatic heterocycles. The molecule has 3 heterocycles. The molecule has 0 saturated carbocycles. The third-order valence-electron chi connectivity index (χ3n) is 3.33. The van der Waals surface area contributed by atoms with Crippen LogP contribution in [-0.4, -0.2) is 21.7 Å². The molecule has 1 N–H and O–H groups in total. The van der Waals surface area contributed by atoms with Crippen LogP contribution in [0.3, 0.4) is 0 Å². The SMILES string of the molecule is CCc1cnccc1-c1noc(C2CCCN2)n1. The van der Waals surface area contributed by atoms with Crippen molar-refractivity contribution in [2.24, 2.45) is 0 Å². The zero-order valence-electron chi connectivity index (χ0n) is 10.4. The number of hydrogen-bond donors (Lipinski definition) is 1. The zero-order valence-corrected chi connectivity index (χ0v) is 10.4. The van der Waals surface area contributed by atoms with E-state index in [1.54, 1.807) is 6.20 Å². The second kappa shape index (κ2) is 4.86. The van der Waals surface area contributed by atoms with Gasteiger partial charge in [0, 0.05) is 18.0 Å². The maximum Gasteiger partial charge on any atom is 0.244 e. The first-order chi connectivity index (χ1) is 8.88. The number of aryl methyl sites for hydroxylation is 1. The summed E-state index contributed by atoms with van der Waals surface area (Å²) in [6.45, 7) is 3.12. The normalized spacial score (nSPS) is 19.3. The Morgan fingerprint density at radius 2 is 2.44 bits per heavy atom. The van der Waals surface area contributed by atoms with Gasteiger partial charge in [-0.2, -0.15) is 4.98 Å². The van der Waals surface area contributed by atoms with E-state index in [9.17, 15) is 0 Å². The molecule has 3 rings (SSSR count). The number of nitrogens with one attached hydrogen (secondary N) is 1. The van der Waals surface area contributed by atoms with Crippen molar-refractivity contribution in [2.75, 3.05) is 6.54 Å². The fourth-order valence-electron chi connectivity index (χ4n) is 2.31. The van der Waals surface area contributed by atoms with Gasteiger partial charge in [0.15, 0.2) is 0 Å². The van der Waals surface area contributed by atoms with Gasteiger partial charge in [0.2, 0.25) is 11.7 Å². The van der Waals surface area contributed by atoms with Gasteiger partial charge in [0.25, 0.3) is 0 Å². The number of aromatic nitrogens is 3. The predicted octanol–water partition coefficient (Wildman–Crippen LogP) is 2.12. The molecule has 0 aromatic carbocycles. The van der Waals surface area contributed by atoms with E-state index in [-0.39, 0.29) is 6.04 Å². The van der Waals surface area contributed by atoms with Crippen LogP contribution in [0.2, 0.25) is 0 Å². The Hall–Kier alpha value is -1.75. The molecule has 1 fully saturated rings. The summed E-state index contributed by atoms with van der Waals surface area (Å²) in [6.07, 6.45) is 6.77. The number of rotatable bonds is 3. The van der Waals surface area contributed by atoms with E-state index in [0.717, 1.165) is 36.9 Å². The van der Waals surface area contributed by atoms with Gasteiger partial charge in [-0.15, -0.1) is 0 Å². The first-order valence-electron chi connectivity index (χ1n) is 6.38. The van der Waals surface area contributed by atoms with Crippen LogP contribution in [0.1, 0.15) is 37.3 Å². The van der Waals surface area contributed by atoms with Crippen LogP contribution in [0.4, 0.5) is 0 Å². The minimum atomic E-state index is 0.221. The Morgan fingerprint density at radius 1 is 1.50 bits per heavy atom. The van der Waals surface area contributed by atoms with E-state index in [1.165, 1.54) is 0 Å². The molecule has 1 saturated heterocycles. The summed E-state index contributed by atoms with van der Waals surface area (Å²) in [7, 11) is 0. The van der Waals surface area contributed by atoms with Crippen LogP contribution < -0.4 is 5.32 Å². The molecule has 0 spiro atoms. The van der Waals surface area contributed by atoms with E-state index in [0.29, 0.717) is 11.7 Å². The van der Waals surface area contributed by atoms with E-state index in [2.05, 4.69) is 27.4 Å². The molecule has 2 aromatic heterocycles. The van der Waals surface area contributed by atoms with Gasteiger partial charge >= 0.3 is 0 Å². The van der Waals surface area contributed by atoms with Crippen LogP contribution >= 0.6 is 0 Å². The van der Waals surface area contributed by atoms with Gasteiger partial charge in [0.05, 0.1) is 6.04 Å². The third-order valence-corrected chi connectivity index (χ3v) is 3.33. The fourth-order valence-corrected chi connectivity index (χ4v) is 2.31. The maximum absolute atomic E-state index is 5.36. The van der Waals surface area contributed by atoms with Gasteiger partial charge < -0.3 is 9.84 Å². The van der Waals surface area contributed by atoms with Gasteiger partial charge in [0.1, 0.15) is 0 Å². The van der Waals surface area contributed by atoms with Gasteiger partial charge in [-0.25, -0.2) is 0 Å². The maximum atomic E-state index is 5.36. The van der Waals surface area contributed by atoms with Gasteiger partial charge in [-0.1, -0.05) is 12.1 Å². The van der Waals surface area contributed by atoms with Crippen molar-refractivity contribution in [1.82, 2.24) is 20.4 Å². The molecule has 1 unspecified atom stereocenters. The molecule has 0 amide bonds. The lowest BCUT2D eigenvalue weighted by Gasteiger charge is -2.02. The smallest absolute Gasteiger partial charge is 0.244 e. The van der Waals surface area contributed by atoms with Crippen LogP contribution in [0.5, 0.6) is 0 Å². The third kappa shape index (κ3) is 2.01. The minimum Gasteiger partial charge on any atom is -0.337 e. The molecule has 94 valence electrons. The molecule has 5 heteroatoms. The second-order valence-electron chi connectivity index (χ2n) is 4.49. The van der Waals surface area contributed by atoms with Crippen LogP contribution in [0.25, 0.3) is 11.4 Å². The highest BCUT2D eigenvalue weighted by Crippen LogP contribution is 2.25. The number of nitrogens with zero attached hydrogens (tertiary/aromatic N) is 3. The van der Waals surface area contributed by atoms with E-state index < -0.39 is 0 Å². The predicted molar refractivity (Wildman–Crippen MR) is 66.9 cm³/mol. The molecule has 2 aromatic rings. The van der Waals surface area contributed by atoms with E-state index in [4.69, 9.17) is 4.52 Å². The summed E-state index contributed by atoms with van der Waals surface area (Å²) >= 11 is 0. The highest BCUT2D eigenvalue weighted by molar-refractivity contribution is 5.58. The molecule has 0 aliphatic carbocycles. The number of hydrogen-bond acceptors (Lipinski definition) is 5. The van der Waals surface area contributed by atoms with Crippen LogP contribution in [-0.2, 0) is 6.42 Å². The van der Waals surface area contributed by atoms with Gasteiger partial charge in [-0.05, 0) is 37.4 Å². The molecule has 0 bridgehead atoms. The Bertz CT molecular complexity index is 531.